The van der Waals surface area contributed by atoms with E-state index in [1.807, 2.05) is 92.7 Å². The Hall–Kier alpha value is -3.93. The van der Waals surface area contributed by atoms with Gasteiger partial charge in [-0.05, 0) is 43.2 Å². The van der Waals surface area contributed by atoms with E-state index in [4.69, 9.17) is 4.74 Å². The zero-order valence-electron chi connectivity index (χ0n) is 18.4. The van der Waals surface area contributed by atoms with Crippen LogP contribution in [0.2, 0.25) is 0 Å². The molecule has 1 heterocycles. The summed E-state index contributed by atoms with van der Waals surface area (Å²) >= 11 is 0. The van der Waals surface area contributed by atoms with Crippen molar-refractivity contribution in [2.45, 2.75) is 26.2 Å². The van der Waals surface area contributed by atoms with E-state index in [-0.39, 0.29) is 11.8 Å². The molecule has 1 atom stereocenters. The lowest BCUT2D eigenvalue weighted by molar-refractivity contribution is -0.117. The van der Waals surface area contributed by atoms with Crippen molar-refractivity contribution < 1.29 is 9.53 Å². The minimum atomic E-state index is -0.191. The number of nitrogens with one attached hydrogen (secondary N) is 1. The standard InChI is InChI=1S/C26H26N4O2/c1-4-23(19-8-6-5-7-9-19)25(31)27-21-14-16-22(17-15-21)30-24(28-26(29-30)32-3)20-12-10-18(2)11-13-20/h5-17,23H,4H2,1-3H3,(H,27,31). The van der Waals surface area contributed by atoms with Gasteiger partial charge in [-0.25, -0.2) is 4.68 Å². The largest absolute Gasteiger partial charge is 0.466 e. The molecule has 6 heteroatoms. The number of anilines is 1. The predicted octanol–water partition coefficient (Wildman–Crippen LogP) is 5.38. The van der Waals surface area contributed by atoms with E-state index >= 15 is 0 Å². The van der Waals surface area contributed by atoms with Crippen LogP contribution in [-0.2, 0) is 4.79 Å². The smallest absolute Gasteiger partial charge is 0.336 e. The van der Waals surface area contributed by atoms with Crippen LogP contribution in [0.4, 0.5) is 5.69 Å². The van der Waals surface area contributed by atoms with Gasteiger partial charge in [0.25, 0.3) is 0 Å². The molecular weight excluding hydrogens is 400 g/mol. The summed E-state index contributed by atoms with van der Waals surface area (Å²) < 4.78 is 7.00. The SMILES string of the molecule is CCC(C(=O)Nc1ccc(-n2nc(OC)nc2-c2ccc(C)cc2)cc1)c1ccccc1. The zero-order valence-corrected chi connectivity index (χ0v) is 18.4. The van der Waals surface area contributed by atoms with E-state index in [0.717, 1.165) is 28.9 Å². The maximum atomic E-state index is 12.9. The molecule has 1 unspecified atom stereocenters. The van der Waals surface area contributed by atoms with E-state index in [2.05, 4.69) is 15.4 Å². The van der Waals surface area contributed by atoms with Crippen molar-refractivity contribution in [3.8, 4) is 23.1 Å². The van der Waals surface area contributed by atoms with Crippen molar-refractivity contribution in [2.24, 2.45) is 0 Å². The Kier molecular flexibility index (Phi) is 6.31. The summed E-state index contributed by atoms with van der Waals surface area (Å²) in [6.07, 6.45) is 0.729. The van der Waals surface area contributed by atoms with Gasteiger partial charge in [-0.15, -0.1) is 5.10 Å². The molecule has 0 aliphatic carbocycles. The molecule has 0 aliphatic heterocycles. The van der Waals surface area contributed by atoms with Crippen LogP contribution < -0.4 is 10.1 Å². The molecule has 0 fully saturated rings. The van der Waals surface area contributed by atoms with Crippen LogP contribution in [0.25, 0.3) is 17.1 Å². The van der Waals surface area contributed by atoms with Crippen LogP contribution in [0, 0.1) is 6.92 Å². The molecule has 1 N–H and O–H groups in total. The van der Waals surface area contributed by atoms with Gasteiger partial charge < -0.3 is 10.1 Å². The number of benzene rings is 3. The summed E-state index contributed by atoms with van der Waals surface area (Å²) in [5.41, 5.74) is 4.69. The van der Waals surface area contributed by atoms with Gasteiger partial charge in [-0.2, -0.15) is 4.98 Å². The van der Waals surface area contributed by atoms with Crippen LogP contribution in [0.5, 0.6) is 6.01 Å². The fourth-order valence-electron chi connectivity index (χ4n) is 3.62. The maximum absolute atomic E-state index is 12.9. The summed E-state index contributed by atoms with van der Waals surface area (Å²) in [6.45, 7) is 4.06. The van der Waals surface area contributed by atoms with Gasteiger partial charge in [0.1, 0.15) is 0 Å². The van der Waals surface area contributed by atoms with Crippen molar-refractivity contribution in [2.75, 3.05) is 12.4 Å². The lowest BCUT2D eigenvalue weighted by Gasteiger charge is -2.15. The number of nitrogens with zero attached hydrogens (tertiary/aromatic N) is 3. The number of ether oxygens (including phenoxy) is 1. The Morgan fingerprint density at radius 3 is 2.31 bits per heavy atom. The maximum Gasteiger partial charge on any atom is 0.336 e. The molecule has 0 bridgehead atoms. The van der Waals surface area contributed by atoms with Crippen molar-refractivity contribution in [1.29, 1.82) is 0 Å². The minimum Gasteiger partial charge on any atom is -0.466 e. The lowest BCUT2D eigenvalue weighted by Crippen LogP contribution is -2.20. The van der Waals surface area contributed by atoms with Crippen LogP contribution >= 0.6 is 0 Å². The van der Waals surface area contributed by atoms with E-state index in [9.17, 15) is 4.79 Å². The van der Waals surface area contributed by atoms with Gasteiger partial charge in [-0.1, -0.05) is 67.1 Å². The van der Waals surface area contributed by atoms with Crippen LogP contribution in [0.3, 0.4) is 0 Å². The van der Waals surface area contributed by atoms with E-state index in [1.54, 1.807) is 11.8 Å². The molecule has 6 nitrogen and oxygen atoms in total. The minimum absolute atomic E-state index is 0.0192. The summed E-state index contributed by atoms with van der Waals surface area (Å²) in [6, 6.07) is 25.8. The molecule has 32 heavy (non-hydrogen) atoms. The summed E-state index contributed by atoms with van der Waals surface area (Å²) in [7, 11) is 1.55. The zero-order chi connectivity index (χ0) is 22.5. The Morgan fingerprint density at radius 2 is 1.69 bits per heavy atom. The molecule has 3 aromatic carbocycles. The molecule has 162 valence electrons. The fraction of sp³-hybridized carbons (Fsp3) is 0.192. The molecule has 4 aromatic rings. The van der Waals surface area contributed by atoms with Crippen molar-refractivity contribution >= 4 is 11.6 Å². The summed E-state index contributed by atoms with van der Waals surface area (Å²) in [4.78, 5) is 17.4. The second kappa shape index (κ2) is 9.47. The van der Waals surface area contributed by atoms with E-state index < -0.39 is 0 Å². The first kappa shape index (κ1) is 21.3. The van der Waals surface area contributed by atoms with Crippen molar-refractivity contribution in [1.82, 2.24) is 14.8 Å². The first-order valence-corrected chi connectivity index (χ1v) is 10.6. The van der Waals surface area contributed by atoms with Crippen molar-refractivity contribution in [3.63, 3.8) is 0 Å². The van der Waals surface area contributed by atoms with Crippen LogP contribution in [0.15, 0.2) is 78.9 Å². The molecular formula is C26H26N4O2. The molecule has 0 radical (unpaired) electrons. The molecule has 1 amide bonds. The Morgan fingerprint density at radius 1 is 1.00 bits per heavy atom. The Bertz CT molecular complexity index is 1180. The van der Waals surface area contributed by atoms with Gasteiger partial charge in [0, 0.05) is 11.3 Å². The Labute approximate surface area is 187 Å². The first-order valence-electron chi connectivity index (χ1n) is 10.6. The quantitative estimate of drug-likeness (QED) is 0.431. The highest BCUT2D eigenvalue weighted by atomic mass is 16.5. The topological polar surface area (TPSA) is 69.0 Å². The van der Waals surface area contributed by atoms with Gasteiger partial charge in [0.05, 0.1) is 18.7 Å². The first-order chi connectivity index (χ1) is 15.6. The number of rotatable bonds is 7. The highest BCUT2D eigenvalue weighted by Crippen LogP contribution is 2.26. The third-order valence-electron chi connectivity index (χ3n) is 5.39. The third kappa shape index (κ3) is 4.54. The molecule has 1 aromatic heterocycles. The number of hydrogen-bond donors (Lipinski definition) is 1. The number of carbonyl (C=O) groups excluding carboxylic acids is 1. The number of aromatic nitrogens is 3. The lowest BCUT2D eigenvalue weighted by atomic mass is 9.95. The molecule has 0 spiro atoms. The summed E-state index contributed by atoms with van der Waals surface area (Å²) in [5.74, 6) is 0.478. The van der Waals surface area contributed by atoms with Gasteiger partial charge in [0.2, 0.25) is 5.91 Å². The molecule has 0 aliphatic rings. The van der Waals surface area contributed by atoms with Crippen molar-refractivity contribution in [3.05, 3.63) is 90.0 Å². The van der Waals surface area contributed by atoms with E-state index in [0.29, 0.717) is 11.8 Å². The monoisotopic (exact) mass is 426 g/mol. The number of amides is 1. The molecule has 0 saturated carbocycles. The fourth-order valence-corrected chi connectivity index (χ4v) is 3.62. The average Bonchev–Trinajstić information content (AvgIpc) is 3.26. The molecule has 4 rings (SSSR count). The van der Waals surface area contributed by atoms with Crippen LogP contribution in [-0.4, -0.2) is 27.8 Å². The normalized spacial score (nSPS) is 11.7. The number of carbonyl (C=O) groups is 1. The van der Waals surface area contributed by atoms with Gasteiger partial charge >= 0.3 is 6.01 Å². The predicted molar refractivity (Wildman–Crippen MR) is 126 cm³/mol. The highest BCUT2D eigenvalue weighted by molar-refractivity contribution is 5.95. The second-order valence-corrected chi connectivity index (χ2v) is 7.61. The molecule has 0 saturated heterocycles. The van der Waals surface area contributed by atoms with E-state index in [1.165, 1.54) is 5.56 Å². The van der Waals surface area contributed by atoms with Gasteiger partial charge in [-0.3, -0.25) is 4.79 Å². The average molecular weight is 427 g/mol. The highest BCUT2D eigenvalue weighted by Gasteiger charge is 2.19. The number of methoxy groups -OCH3 is 1. The Balaban J connectivity index is 1.57. The number of hydrogen-bond acceptors (Lipinski definition) is 4. The van der Waals surface area contributed by atoms with Gasteiger partial charge in [0.15, 0.2) is 5.82 Å². The third-order valence-corrected chi connectivity index (χ3v) is 5.39. The van der Waals surface area contributed by atoms with Crippen LogP contribution in [0.1, 0.15) is 30.4 Å². The second-order valence-electron chi connectivity index (χ2n) is 7.61. The summed E-state index contributed by atoms with van der Waals surface area (Å²) in [5, 5.41) is 7.50. The number of aryl methyl sites for hydroxylation is 1.